The van der Waals surface area contributed by atoms with E-state index < -0.39 is 74.1 Å². The van der Waals surface area contributed by atoms with Crippen molar-refractivity contribution in [3.8, 4) is 0 Å². The van der Waals surface area contributed by atoms with Crippen LogP contribution in [0.15, 0.2) is 23.5 Å². The molecule has 0 unspecified atom stereocenters. The number of carboxylic acids is 1. The normalized spacial score (nSPS) is 43.0. The zero-order valence-corrected chi connectivity index (χ0v) is 15.0. The second kappa shape index (κ2) is 8.43. The summed E-state index contributed by atoms with van der Waals surface area (Å²) in [5, 5.41) is 58.3. The number of ether oxygens (including phenoxy) is 4. The first kappa shape index (κ1) is 21.1. The van der Waals surface area contributed by atoms with Gasteiger partial charge in [-0.2, -0.15) is 0 Å². The molecule has 1 fully saturated rings. The molecule has 0 saturated carbocycles. The minimum Gasteiger partial charge on any atom is -0.478 e. The predicted molar refractivity (Wildman–Crippen MR) is 88.4 cm³/mol. The third kappa shape index (κ3) is 3.55. The number of hydrogen-bond acceptors (Lipinski definition) is 10. The highest BCUT2D eigenvalue weighted by molar-refractivity contribution is 5.87. The van der Waals surface area contributed by atoms with E-state index in [1.54, 1.807) is 6.08 Å². The minimum atomic E-state index is -1.65. The minimum absolute atomic E-state index is 0.0646. The molecule has 0 spiro atoms. The van der Waals surface area contributed by atoms with Gasteiger partial charge < -0.3 is 49.6 Å². The van der Waals surface area contributed by atoms with E-state index in [2.05, 4.69) is 0 Å². The molecular formula is C17H24O11. The SMILES string of the molecule is CO[C@H]1C=C(CO)[C@@H]2[C@H](O[C@@H]3O[C@H](CO)[C@@H](O)[C@H](O)[C@H]3O)OC=C(C(=O)O)[C@@H]21. The Morgan fingerprint density at radius 1 is 1.11 bits per heavy atom. The van der Waals surface area contributed by atoms with Crippen LogP contribution < -0.4 is 0 Å². The maximum Gasteiger partial charge on any atom is 0.335 e. The average Bonchev–Trinajstić information content (AvgIpc) is 3.07. The fourth-order valence-electron chi connectivity index (χ4n) is 3.87. The van der Waals surface area contributed by atoms with Gasteiger partial charge >= 0.3 is 5.97 Å². The lowest BCUT2D eigenvalue weighted by Gasteiger charge is -2.43. The number of aliphatic hydroxyl groups excluding tert-OH is 5. The maximum absolute atomic E-state index is 11.6. The van der Waals surface area contributed by atoms with Gasteiger partial charge in [-0.3, -0.25) is 0 Å². The molecule has 28 heavy (non-hydrogen) atoms. The second-order valence-electron chi connectivity index (χ2n) is 6.87. The molecule has 0 aromatic heterocycles. The lowest BCUT2D eigenvalue weighted by Crippen LogP contribution is -2.60. The van der Waals surface area contributed by atoms with Crippen molar-refractivity contribution in [1.29, 1.82) is 0 Å². The highest BCUT2D eigenvalue weighted by Gasteiger charge is 2.52. The molecule has 0 amide bonds. The average molecular weight is 404 g/mol. The molecule has 3 rings (SSSR count). The summed E-state index contributed by atoms with van der Waals surface area (Å²) in [6, 6.07) is 0. The van der Waals surface area contributed by atoms with E-state index in [9.17, 15) is 35.4 Å². The molecule has 11 nitrogen and oxygen atoms in total. The highest BCUT2D eigenvalue weighted by Crippen LogP contribution is 2.45. The number of methoxy groups -OCH3 is 1. The molecule has 6 N–H and O–H groups in total. The molecule has 2 aliphatic heterocycles. The smallest absolute Gasteiger partial charge is 0.335 e. The van der Waals surface area contributed by atoms with Crippen LogP contribution in [0.3, 0.4) is 0 Å². The van der Waals surface area contributed by atoms with E-state index >= 15 is 0 Å². The summed E-state index contributed by atoms with van der Waals surface area (Å²) < 4.78 is 21.7. The highest BCUT2D eigenvalue weighted by atomic mass is 16.8. The van der Waals surface area contributed by atoms with Crippen molar-refractivity contribution in [2.45, 2.75) is 43.1 Å². The van der Waals surface area contributed by atoms with Crippen LogP contribution in [0.4, 0.5) is 0 Å². The van der Waals surface area contributed by atoms with Crippen LogP contribution in [0, 0.1) is 11.8 Å². The number of aliphatic carboxylic acids is 1. The summed E-state index contributed by atoms with van der Waals surface area (Å²) in [6.07, 6.45) is -6.68. The van der Waals surface area contributed by atoms with Gasteiger partial charge in [-0.05, 0) is 5.57 Å². The van der Waals surface area contributed by atoms with Crippen LogP contribution >= 0.6 is 0 Å². The summed E-state index contributed by atoms with van der Waals surface area (Å²) in [5.74, 6) is -2.68. The van der Waals surface area contributed by atoms with Gasteiger partial charge in [0.1, 0.15) is 24.4 Å². The van der Waals surface area contributed by atoms with Gasteiger partial charge in [0.05, 0.1) is 37.1 Å². The van der Waals surface area contributed by atoms with Crippen LogP contribution in [-0.4, -0.2) is 100 Å². The lowest BCUT2D eigenvalue weighted by molar-refractivity contribution is -0.340. The van der Waals surface area contributed by atoms with Gasteiger partial charge in [0.25, 0.3) is 0 Å². The van der Waals surface area contributed by atoms with Gasteiger partial charge in [-0.25, -0.2) is 4.79 Å². The standard InChI is InChI=1S/C17H24O11/c1-25-8-2-6(3-18)10-11(8)7(15(23)24)5-26-16(10)28-17-14(22)13(21)12(20)9(4-19)27-17/h2,5,8-14,16-22H,3-4H2,1H3,(H,23,24)/t8-,9+,10-,11+,12+,13-,14+,16-,17-/m0/s1. The van der Waals surface area contributed by atoms with Crippen LogP contribution in [0.5, 0.6) is 0 Å². The molecule has 9 atom stereocenters. The summed E-state index contributed by atoms with van der Waals surface area (Å²) in [4.78, 5) is 11.6. The van der Waals surface area contributed by atoms with Crippen molar-refractivity contribution in [2.75, 3.05) is 20.3 Å². The van der Waals surface area contributed by atoms with Crippen molar-refractivity contribution < 1.29 is 54.4 Å². The zero-order valence-electron chi connectivity index (χ0n) is 15.0. The van der Waals surface area contributed by atoms with Crippen molar-refractivity contribution >= 4 is 5.97 Å². The number of carboxylic acid groups (broad SMARTS) is 1. The van der Waals surface area contributed by atoms with Crippen molar-refractivity contribution in [3.63, 3.8) is 0 Å². The summed E-state index contributed by atoms with van der Waals surface area (Å²) in [6.45, 7) is -1.02. The Kier molecular flexibility index (Phi) is 6.37. The molecule has 3 aliphatic rings. The Balaban J connectivity index is 1.86. The van der Waals surface area contributed by atoms with Crippen LogP contribution in [0.2, 0.25) is 0 Å². The van der Waals surface area contributed by atoms with Crippen LogP contribution in [-0.2, 0) is 23.7 Å². The second-order valence-corrected chi connectivity index (χ2v) is 6.87. The van der Waals surface area contributed by atoms with E-state index in [-0.39, 0.29) is 5.57 Å². The van der Waals surface area contributed by atoms with E-state index in [1.807, 2.05) is 0 Å². The fraction of sp³-hybridized carbons (Fsp3) is 0.706. The van der Waals surface area contributed by atoms with Gasteiger partial charge in [0.2, 0.25) is 6.29 Å². The summed E-state index contributed by atoms with van der Waals surface area (Å²) >= 11 is 0. The Labute approximate surface area is 160 Å². The molecule has 0 radical (unpaired) electrons. The van der Waals surface area contributed by atoms with Crippen molar-refractivity contribution in [3.05, 3.63) is 23.5 Å². The largest absolute Gasteiger partial charge is 0.478 e. The summed E-state index contributed by atoms with van der Waals surface area (Å²) in [7, 11) is 1.40. The molecule has 1 aliphatic carbocycles. The van der Waals surface area contributed by atoms with E-state index in [0.29, 0.717) is 5.57 Å². The Morgan fingerprint density at radius 2 is 1.82 bits per heavy atom. The lowest BCUT2D eigenvalue weighted by atomic mass is 9.82. The third-order valence-corrected chi connectivity index (χ3v) is 5.35. The number of fused-ring (bicyclic) bond motifs is 1. The fourth-order valence-corrected chi connectivity index (χ4v) is 3.87. The van der Waals surface area contributed by atoms with Crippen LogP contribution in [0.1, 0.15) is 0 Å². The molecule has 158 valence electrons. The van der Waals surface area contributed by atoms with Crippen molar-refractivity contribution in [1.82, 2.24) is 0 Å². The van der Waals surface area contributed by atoms with E-state index in [0.717, 1.165) is 6.26 Å². The Bertz CT molecular complexity index is 645. The Morgan fingerprint density at radius 3 is 2.39 bits per heavy atom. The van der Waals surface area contributed by atoms with Gasteiger partial charge in [0, 0.05) is 13.0 Å². The molecule has 2 heterocycles. The van der Waals surface area contributed by atoms with E-state index in [4.69, 9.17) is 18.9 Å². The molecule has 0 bridgehead atoms. The first-order valence-corrected chi connectivity index (χ1v) is 8.73. The maximum atomic E-state index is 11.6. The monoisotopic (exact) mass is 404 g/mol. The van der Waals surface area contributed by atoms with Crippen LogP contribution in [0.25, 0.3) is 0 Å². The van der Waals surface area contributed by atoms with Crippen molar-refractivity contribution in [2.24, 2.45) is 11.8 Å². The zero-order chi connectivity index (χ0) is 20.6. The van der Waals surface area contributed by atoms with Gasteiger partial charge in [-0.15, -0.1) is 0 Å². The number of carbonyl (C=O) groups is 1. The van der Waals surface area contributed by atoms with Gasteiger partial charge in [-0.1, -0.05) is 6.08 Å². The first-order chi connectivity index (χ1) is 13.3. The number of hydrogen-bond donors (Lipinski definition) is 6. The number of aliphatic hydroxyl groups is 5. The molecule has 11 heteroatoms. The molecule has 1 saturated heterocycles. The number of rotatable bonds is 6. The Hall–Kier alpha value is -1.57. The topological polar surface area (TPSA) is 175 Å². The summed E-state index contributed by atoms with van der Waals surface area (Å²) in [5.41, 5.74) is 0.364. The van der Waals surface area contributed by atoms with E-state index in [1.165, 1.54) is 7.11 Å². The molecular weight excluding hydrogens is 380 g/mol. The molecule has 0 aromatic rings. The molecule has 0 aromatic carbocycles. The van der Waals surface area contributed by atoms with Gasteiger partial charge in [0.15, 0.2) is 6.29 Å². The predicted octanol–water partition coefficient (Wildman–Crippen LogP) is -2.69. The quantitative estimate of drug-likeness (QED) is 0.254. The first-order valence-electron chi connectivity index (χ1n) is 8.73. The third-order valence-electron chi connectivity index (χ3n) is 5.35.